The van der Waals surface area contributed by atoms with Crippen molar-refractivity contribution in [3.63, 3.8) is 0 Å². The van der Waals surface area contributed by atoms with E-state index in [0.29, 0.717) is 29.8 Å². The van der Waals surface area contributed by atoms with Gasteiger partial charge in [-0.1, -0.05) is 12.1 Å². The number of anilines is 1. The third-order valence-corrected chi connectivity index (χ3v) is 8.00. The zero-order valence-electron chi connectivity index (χ0n) is 24.3. The minimum atomic E-state index is -4.63. The SMILES string of the molecule is Cc1cc(N2CCOC[C@@H]2C(F)(F)F)cc(F)c1C(=O)N[C@@H](Cc1ccc(-n2c(=O)c3c(n(C)c2=O)CCOC3)cc1)C(=O)O. The van der Waals surface area contributed by atoms with Gasteiger partial charge in [-0.15, -0.1) is 0 Å². The van der Waals surface area contributed by atoms with Crippen LogP contribution in [0.2, 0.25) is 0 Å². The summed E-state index contributed by atoms with van der Waals surface area (Å²) < 4.78 is 68.5. The van der Waals surface area contributed by atoms with Crippen LogP contribution in [0, 0.1) is 12.7 Å². The second-order valence-electron chi connectivity index (χ2n) is 10.9. The van der Waals surface area contributed by atoms with Gasteiger partial charge in [0.05, 0.1) is 43.2 Å². The van der Waals surface area contributed by atoms with E-state index in [9.17, 15) is 37.5 Å². The van der Waals surface area contributed by atoms with E-state index in [-0.39, 0.29) is 43.1 Å². The molecule has 45 heavy (non-hydrogen) atoms. The minimum Gasteiger partial charge on any atom is -0.480 e. The maximum atomic E-state index is 15.2. The Hall–Kier alpha value is -4.50. The fourth-order valence-corrected chi connectivity index (χ4v) is 5.66. The van der Waals surface area contributed by atoms with E-state index in [1.165, 1.54) is 41.8 Å². The van der Waals surface area contributed by atoms with Crippen LogP contribution in [0.15, 0.2) is 46.0 Å². The van der Waals surface area contributed by atoms with Crippen molar-refractivity contribution in [1.82, 2.24) is 14.5 Å². The first-order valence-corrected chi connectivity index (χ1v) is 14.0. The molecule has 2 aliphatic heterocycles. The van der Waals surface area contributed by atoms with Crippen molar-refractivity contribution in [2.45, 2.75) is 44.6 Å². The van der Waals surface area contributed by atoms with E-state index in [1.807, 2.05) is 0 Å². The van der Waals surface area contributed by atoms with Crippen molar-refractivity contribution in [2.75, 3.05) is 31.3 Å². The van der Waals surface area contributed by atoms with Crippen LogP contribution in [0.1, 0.15) is 32.7 Å². The monoisotopic (exact) mass is 634 g/mol. The highest BCUT2D eigenvalue weighted by Crippen LogP contribution is 2.33. The lowest BCUT2D eigenvalue weighted by Crippen LogP contribution is -2.53. The molecule has 1 saturated heterocycles. The molecule has 0 radical (unpaired) electrons. The van der Waals surface area contributed by atoms with E-state index >= 15 is 4.39 Å². The molecular weight excluding hydrogens is 604 g/mol. The number of benzene rings is 2. The maximum Gasteiger partial charge on any atom is 0.411 e. The predicted octanol–water partition coefficient (Wildman–Crippen LogP) is 2.25. The van der Waals surface area contributed by atoms with E-state index in [1.54, 1.807) is 7.05 Å². The van der Waals surface area contributed by atoms with Gasteiger partial charge >= 0.3 is 17.8 Å². The lowest BCUT2D eigenvalue weighted by Gasteiger charge is -2.38. The highest BCUT2D eigenvalue weighted by molar-refractivity contribution is 5.98. The summed E-state index contributed by atoms with van der Waals surface area (Å²) in [6, 6.07) is 4.50. The van der Waals surface area contributed by atoms with Crippen molar-refractivity contribution in [2.24, 2.45) is 7.05 Å². The average Bonchev–Trinajstić information content (AvgIpc) is 2.99. The molecule has 11 nitrogen and oxygen atoms in total. The minimum absolute atomic E-state index is 0.00637. The van der Waals surface area contributed by atoms with E-state index < -0.39 is 59.4 Å². The number of aromatic nitrogens is 2. The molecule has 240 valence electrons. The summed E-state index contributed by atoms with van der Waals surface area (Å²) in [7, 11) is 1.57. The highest BCUT2D eigenvalue weighted by atomic mass is 19.4. The molecule has 3 aromatic rings. The number of ether oxygens (including phenoxy) is 2. The third kappa shape index (κ3) is 6.35. The van der Waals surface area contributed by atoms with Crippen LogP contribution in [-0.2, 0) is 40.8 Å². The molecule has 2 aromatic carbocycles. The van der Waals surface area contributed by atoms with Gasteiger partial charge in [0.15, 0.2) is 0 Å². The molecule has 2 atom stereocenters. The van der Waals surface area contributed by atoms with E-state index in [2.05, 4.69) is 5.32 Å². The van der Waals surface area contributed by atoms with Gasteiger partial charge in [0.1, 0.15) is 17.9 Å². The molecule has 0 saturated carbocycles. The van der Waals surface area contributed by atoms with Crippen molar-refractivity contribution in [1.29, 1.82) is 0 Å². The Labute approximate surface area is 253 Å². The summed E-state index contributed by atoms with van der Waals surface area (Å²) >= 11 is 0. The van der Waals surface area contributed by atoms with Crippen molar-refractivity contribution in [3.8, 4) is 5.69 Å². The Morgan fingerprint density at radius 1 is 1.09 bits per heavy atom. The predicted molar refractivity (Wildman–Crippen MR) is 152 cm³/mol. The van der Waals surface area contributed by atoms with Crippen LogP contribution in [0.5, 0.6) is 0 Å². The number of carboxylic acids is 1. The van der Waals surface area contributed by atoms with E-state index in [0.717, 1.165) is 15.5 Å². The topological polar surface area (TPSA) is 132 Å². The van der Waals surface area contributed by atoms with Crippen LogP contribution in [-0.4, -0.2) is 70.7 Å². The second kappa shape index (κ2) is 12.5. The lowest BCUT2D eigenvalue weighted by molar-refractivity contribution is -0.167. The molecule has 15 heteroatoms. The number of nitrogens with one attached hydrogen (secondary N) is 1. The summed E-state index contributed by atoms with van der Waals surface area (Å²) in [5.74, 6) is -3.57. The Bertz CT molecular complexity index is 1730. The van der Waals surface area contributed by atoms with Crippen molar-refractivity contribution < 1.29 is 41.7 Å². The molecule has 3 heterocycles. The van der Waals surface area contributed by atoms with Crippen LogP contribution < -0.4 is 21.5 Å². The van der Waals surface area contributed by atoms with Crippen molar-refractivity contribution in [3.05, 3.63) is 91.0 Å². The van der Waals surface area contributed by atoms with Gasteiger partial charge in [0, 0.05) is 37.8 Å². The Morgan fingerprint density at radius 2 is 1.80 bits per heavy atom. The first-order valence-electron chi connectivity index (χ1n) is 14.0. The first-order chi connectivity index (χ1) is 21.3. The maximum absolute atomic E-state index is 15.2. The Balaban J connectivity index is 1.35. The Morgan fingerprint density at radius 3 is 2.44 bits per heavy atom. The quantitative estimate of drug-likeness (QED) is 0.379. The van der Waals surface area contributed by atoms with Gasteiger partial charge in [-0.3, -0.25) is 14.2 Å². The largest absolute Gasteiger partial charge is 0.480 e. The number of amides is 1. The summed E-state index contributed by atoms with van der Waals surface area (Å²) in [5, 5.41) is 12.1. The fourth-order valence-electron chi connectivity index (χ4n) is 5.66. The molecule has 1 amide bonds. The van der Waals surface area contributed by atoms with Crippen LogP contribution in [0.25, 0.3) is 5.69 Å². The number of rotatable bonds is 7. The van der Waals surface area contributed by atoms with Crippen molar-refractivity contribution >= 4 is 17.6 Å². The fraction of sp³-hybridized carbons (Fsp3) is 0.400. The van der Waals surface area contributed by atoms with Gasteiger partial charge in [-0.2, -0.15) is 13.2 Å². The number of hydrogen-bond donors (Lipinski definition) is 2. The number of carbonyl (C=O) groups is 2. The number of halogens is 4. The van der Waals surface area contributed by atoms with Crippen LogP contribution >= 0.6 is 0 Å². The van der Waals surface area contributed by atoms with Gasteiger partial charge in [0.2, 0.25) is 0 Å². The number of carbonyl (C=O) groups excluding carboxylic acids is 1. The smallest absolute Gasteiger partial charge is 0.411 e. The summed E-state index contributed by atoms with van der Waals surface area (Å²) in [6.45, 7) is 1.06. The standard InChI is InChI=1S/C30H30F4N4O7/c1-16-11-19(37-8-10-45-15-24(37)30(32,33)34)13-21(31)25(16)26(39)35-22(28(41)42)12-17-3-5-18(6-4-17)38-27(40)20-14-44-9-7-23(20)36(2)29(38)43/h3-6,11,13,22,24H,7-10,12,14-15H2,1-2H3,(H,35,39)(H,41,42)/t22-,24+/m0/s1. The number of nitrogens with zero attached hydrogens (tertiary/aromatic N) is 3. The molecule has 0 aliphatic carbocycles. The molecule has 1 aromatic heterocycles. The molecule has 0 bridgehead atoms. The van der Waals surface area contributed by atoms with Gasteiger partial charge in [-0.25, -0.2) is 18.5 Å². The molecule has 2 N–H and O–H groups in total. The molecule has 1 fully saturated rings. The second-order valence-corrected chi connectivity index (χ2v) is 10.9. The average molecular weight is 635 g/mol. The highest BCUT2D eigenvalue weighted by Gasteiger charge is 2.45. The first kappa shape index (κ1) is 31.9. The molecular formula is C30H30F4N4O7. The number of alkyl halides is 3. The number of aryl methyl sites for hydroxylation is 1. The number of carboxylic acid groups (broad SMARTS) is 1. The number of morpholine rings is 1. The Kier molecular flexibility index (Phi) is 8.85. The summed E-state index contributed by atoms with van der Waals surface area (Å²) in [6.07, 6.45) is -4.43. The summed E-state index contributed by atoms with van der Waals surface area (Å²) in [4.78, 5) is 52.1. The zero-order chi connectivity index (χ0) is 32.6. The molecule has 0 unspecified atom stereocenters. The zero-order valence-corrected chi connectivity index (χ0v) is 24.3. The van der Waals surface area contributed by atoms with Crippen LogP contribution in [0.4, 0.5) is 23.2 Å². The van der Waals surface area contributed by atoms with Gasteiger partial charge in [-0.05, 0) is 42.3 Å². The summed E-state index contributed by atoms with van der Waals surface area (Å²) in [5.41, 5.74) is 0.0447. The number of fused-ring (bicyclic) bond motifs is 1. The molecule has 2 aliphatic rings. The van der Waals surface area contributed by atoms with E-state index in [4.69, 9.17) is 9.47 Å². The van der Waals surface area contributed by atoms with Gasteiger partial charge < -0.3 is 24.8 Å². The third-order valence-electron chi connectivity index (χ3n) is 8.00. The lowest BCUT2D eigenvalue weighted by atomic mass is 10.0. The molecule has 0 spiro atoms. The van der Waals surface area contributed by atoms with Gasteiger partial charge in [0.25, 0.3) is 11.5 Å². The number of aliphatic carboxylic acids is 1. The molecule has 5 rings (SSSR count). The number of hydrogen-bond acceptors (Lipinski definition) is 7. The normalized spacial score (nSPS) is 17.5. The van der Waals surface area contributed by atoms with Crippen LogP contribution in [0.3, 0.4) is 0 Å².